The maximum Gasteiger partial charge on any atom is 0.255 e. The number of pyridine rings is 1. The molecule has 0 aliphatic heterocycles. The Labute approximate surface area is 118 Å². The molecule has 2 aromatic rings. The van der Waals surface area contributed by atoms with Crippen LogP contribution in [0.2, 0.25) is 0 Å². The molecule has 0 bridgehead atoms. The van der Waals surface area contributed by atoms with Gasteiger partial charge in [-0.15, -0.1) is 0 Å². The van der Waals surface area contributed by atoms with Gasteiger partial charge < -0.3 is 9.64 Å². The van der Waals surface area contributed by atoms with Gasteiger partial charge in [0.2, 0.25) is 0 Å². The van der Waals surface area contributed by atoms with Gasteiger partial charge in [-0.2, -0.15) is 0 Å². The molecule has 2 aromatic heterocycles. The lowest BCUT2D eigenvalue weighted by Crippen LogP contribution is -2.33. The number of amides is 1. The van der Waals surface area contributed by atoms with Crippen molar-refractivity contribution in [2.45, 2.75) is 13.0 Å². The Kier molecular flexibility index (Phi) is 4.47. The zero-order valence-electron chi connectivity index (χ0n) is 11.9. The van der Waals surface area contributed by atoms with Crippen LogP contribution < -0.4 is 0 Å². The number of imidazole rings is 1. The molecule has 6 heteroatoms. The van der Waals surface area contributed by atoms with E-state index in [0.29, 0.717) is 12.1 Å². The summed E-state index contributed by atoms with van der Waals surface area (Å²) in [7, 11) is 3.38. The first kappa shape index (κ1) is 14.2. The van der Waals surface area contributed by atoms with Crippen molar-refractivity contribution in [3.8, 4) is 5.82 Å². The van der Waals surface area contributed by atoms with E-state index >= 15 is 0 Å². The Balaban J connectivity index is 2.08. The van der Waals surface area contributed by atoms with Crippen molar-refractivity contribution in [3.63, 3.8) is 0 Å². The standard InChI is InChI=1S/C14H18N4O2/c1-11(20-3)9-17(2)14(19)12-4-5-13(16-8-12)18-7-6-15-10-18/h4-8,10-11H,9H2,1-3H3/t11-/m0/s1. The first-order valence-electron chi connectivity index (χ1n) is 6.34. The molecule has 0 aromatic carbocycles. The molecule has 2 heterocycles. The van der Waals surface area contributed by atoms with Crippen molar-refractivity contribution in [2.75, 3.05) is 20.7 Å². The summed E-state index contributed by atoms with van der Waals surface area (Å²) in [5.41, 5.74) is 0.555. The van der Waals surface area contributed by atoms with E-state index in [9.17, 15) is 4.79 Å². The molecule has 1 amide bonds. The van der Waals surface area contributed by atoms with Crippen LogP contribution in [0.4, 0.5) is 0 Å². The van der Waals surface area contributed by atoms with E-state index in [1.165, 1.54) is 0 Å². The number of nitrogens with zero attached hydrogens (tertiary/aromatic N) is 4. The summed E-state index contributed by atoms with van der Waals surface area (Å²) in [5, 5.41) is 0. The van der Waals surface area contributed by atoms with Crippen LogP contribution in [0.3, 0.4) is 0 Å². The second-order valence-corrected chi connectivity index (χ2v) is 4.61. The maximum absolute atomic E-state index is 12.2. The molecule has 0 saturated carbocycles. The number of likely N-dealkylation sites (N-methyl/N-ethyl adjacent to an activating group) is 1. The molecule has 0 unspecified atom stereocenters. The summed E-state index contributed by atoms with van der Waals surface area (Å²) in [6.45, 7) is 2.46. The molecule has 1 atom stereocenters. The Morgan fingerprint density at radius 2 is 2.30 bits per heavy atom. The minimum absolute atomic E-state index is 0.00197. The molecule has 0 aliphatic rings. The number of ether oxygens (including phenoxy) is 1. The quantitative estimate of drug-likeness (QED) is 0.826. The minimum Gasteiger partial charge on any atom is -0.380 e. The third kappa shape index (κ3) is 3.21. The summed E-state index contributed by atoms with van der Waals surface area (Å²) >= 11 is 0. The van der Waals surface area contributed by atoms with Crippen molar-refractivity contribution in [1.29, 1.82) is 0 Å². The van der Waals surface area contributed by atoms with E-state index in [4.69, 9.17) is 4.74 Å². The molecule has 106 valence electrons. The topological polar surface area (TPSA) is 60.2 Å². The first-order valence-corrected chi connectivity index (χ1v) is 6.34. The highest BCUT2D eigenvalue weighted by molar-refractivity contribution is 5.93. The largest absolute Gasteiger partial charge is 0.380 e. The third-order valence-electron chi connectivity index (χ3n) is 3.04. The molecule has 2 rings (SSSR count). The lowest BCUT2D eigenvalue weighted by Gasteiger charge is -2.20. The number of aromatic nitrogens is 3. The van der Waals surface area contributed by atoms with E-state index < -0.39 is 0 Å². The van der Waals surface area contributed by atoms with Crippen LogP contribution in [0.1, 0.15) is 17.3 Å². The van der Waals surface area contributed by atoms with E-state index in [1.807, 2.05) is 6.92 Å². The zero-order chi connectivity index (χ0) is 14.5. The van der Waals surface area contributed by atoms with Crippen LogP contribution in [0.25, 0.3) is 5.82 Å². The lowest BCUT2D eigenvalue weighted by atomic mass is 10.2. The molecule has 0 N–H and O–H groups in total. The number of carbonyl (C=O) groups is 1. The fourth-order valence-electron chi connectivity index (χ4n) is 1.82. The SMILES string of the molecule is CO[C@@H](C)CN(C)C(=O)c1ccc(-n2ccnc2)nc1. The normalized spacial score (nSPS) is 12.2. The van der Waals surface area contributed by atoms with Gasteiger partial charge in [0.1, 0.15) is 12.1 Å². The Bertz CT molecular complexity index is 551. The summed E-state index contributed by atoms with van der Waals surface area (Å²) in [5.74, 6) is 0.658. The number of carbonyl (C=O) groups excluding carboxylic acids is 1. The van der Waals surface area contributed by atoms with E-state index in [1.54, 1.807) is 60.7 Å². The molecule has 6 nitrogen and oxygen atoms in total. The highest BCUT2D eigenvalue weighted by Crippen LogP contribution is 2.08. The molecular formula is C14H18N4O2. The van der Waals surface area contributed by atoms with Crippen LogP contribution in [-0.2, 0) is 4.74 Å². The number of methoxy groups -OCH3 is 1. The van der Waals surface area contributed by atoms with Crippen molar-refractivity contribution in [3.05, 3.63) is 42.6 Å². The fraction of sp³-hybridized carbons (Fsp3) is 0.357. The highest BCUT2D eigenvalue weighted by atomic mass is 16.5. The molecule has 0 spiro atoms. The first-order chi connectivity index (χ1) is 9.61. The highest BCUT2D eigenvalue weighted by Gasteiger charge is 2.14. The van der Waals surface area contributed by atoms with Crippen LogP contribution in [-0.4, -0.2) is 52.1 Å². The van der Waals surface area contributed by atoms with Crippen molar-refractivity contribution >= 4 is 5.91 Å². The van der Waals surface area contributed by atoms with Crippen molar-refractivity contribution in [2.24, 2.45) is 0 Å². The van der Waals surface area contributed by atoms with Gasteiger partial charge in [-0.3, -0.25) is 9.36 Å². The molecule has 0 radical (unpaired) electrons. The minimum atomic E-state index is -0.0708. The van der Waals surface area contributed by atoms with Gasteiger partial charge in [-0.25, -0.2) is 9.97 Å². The van der Waals surface area contributed by atoms with Gasteiger partial charge in [-0.05, 0) is 19.1 Å². The van der Waals surface area contributed by atoms with E-state index in [2.05, 4.69) is 9.97 Å². The van der Waals surface area contributed by atoms with Gasteiger partial charge in [0, 0.05) is 39.3 Å². The third-order valence-corrected chi connectivity index (χ3v) is 3.04. The fourth-order valence-corrected chi connectivity index (χ4v) is 1.82. The molecule has 0 saturated heterocycles. The molecule has 20 heavy (non-hydrogen) atoms. The van der Waals surface area contributed by atoms with E-state index in [-0.39, 0.29) is 12.0 Å². The molecular weight excluding hydrogens is 256 g/mol. The van der Waals surface area contributed by atoms with Gasteiger partial charge in [0.25, 0.3) is 5.91 Å². The average Bonchev–Trinajstić information content (AvgIpc) is 3.00. The van der Waals surface area contributed by atoms with Crippen LogP contribution in [0.5, 0.6) is 0 Å². The summed E-state index contributed by atoms with van der Waals surface area (Å²) in [4.78, 5) is 22.1. The predicted octanol–water partition coefficient (Wildman–Crippen LogP) is 1.37. The lowest BCUT2D eigenvalue weighted by molar-refractivity contribution is 0.0599. The zero-order valence-corrected chi connectivity index (χ0v) is 11.9. The van der Waals surface area contributed by atoms with Gasteiger partial charge in [0.15, 0.2) is 0 Å². The second kappa shape index (κ2) is 6.29. The average molecular weight is 274 g/mol. The van der Waals surface area contributed by atoms with Gasteiger partial charge in [-0.1, -0.05) is 0 Å². The summed E-state index contributed by atoms with van der Waals surface area (Å²) < 4.78 is 6.94. The Hall–Kier alpha value is -2.21. The van der Waals surface area contributed by atoms with Crippen LogP contribution >= 0.6 is 0 Å². The molecule has 0 fully saturated rings. The summed E-state index contributed by atoms with van der Waals surface area (Å²) in [6, 6.07) is 3.56. The van der Waals surface area contributed by atoms with Crippen molar-refractivity contribution < 1.29 is 9.53 Å². The Morgan fingerprint density at radius 1 is 1.50 bits per heavy atom. The van der Waals surface area contributed by atoms with Crippen LogP contribution in [0, 0.1) is 0 Å². The summed E-state index contributed by atoms with van der Waals surface area (Å²) in [6.07, 6.45) is 6.72. The number of hydrogen-bond acceptors (Lipinski definition) is 4. The predicted molar refractivity (Wildman–Crippen MR) is 74.8 cm³/mol. The van der Waals surface area contributed by atoms with E-state index in [0.717, 1.165) is 5.82 Å². The maximum atomic E-state index is 12.2. The molecule has 0 aliphatic carbocycles. The van der Waals surface area contributed by atoms with Crippen LogP contribution in [0.15, 0.2) is 37.1 Å². The number of hydrogen-bond donors (Lipinski definition) is 0. The van der Waals surface area contributed by atoms with Crippen molar-refractivity contribution in [1.82, 2.24) is 19.4 Å². The number of rotatable bonds is 5. The monoisotopic (exact) mass is 274 g/mol. The smallest absolute Gasteiger partial charge is 0.255 e. The van der Waals surface area contributed by atoms with Gasteiger partial charge in [0.05, 0.1) is 11.7 Å². The second-order valence-electron chi connectivity index (χ2n) is 4.61. The Morgan fingerprint density at radius 3 is 2.85 bits per heavy atom. The van der Waals surface area contributed by atoms with Gasteiger partial charge >= 0.3 is 0 Å².